The Hall–Kier alpha value is -0.670. The van der Waals surface area contributed by atoms with Crippen molar-refractivity contribution in [3.05, 3.63) is 23.8 Å². The molecule has 1 aliphatic rings. The lowest BCUT2D eigenvalue weighted by Crippen LogP contribution is -2.10. The van der Waals surface area contributed by atoms with Gasteiger partial charge in [-0.25, -0.2) is 0 Å². The Labute approximate surface area is 102 Å². The highest BCUT2D eigenvalue weighted by Gasteiger charge is 2.21. The van der Waals surface area contributed by atoms with Gasteiger partial charge in [-0.15, -0.1) is 11.8 Å². The Morgan fingerprint density at radius 3 is 2.88 bits per heavy atom. The molecule has 0 saturated carbocycles. The van der Waals surface area contributed by atoms with E-state index in [1.807, 2.05) is 6.07 Å². The van der Waals surface area contributed by atoms with Gasteiger partial charge in [-0.05, 0) is 44.4 Å². The SMILES string of the molecule is Cc1ccc(SCC2CCC(C)O2)c(N)c1. The van der Waals surface area contributed by atoms with Crippen LogP contribution in [0.3, 0.4) is 0 Å². The number of aryl methyl sites for hydroxylation is 1. The normalized spacial score (nSPS) is 24.9. The fourth-order valence-corrected chi connectivity index (χ4v) is 2.99. The van der Waals surface area contributed by atoms with Crippen molar-refractivity contribution in [3.63, 3.8) is 0 Å². The van der Waals surface area contributed by atoms with E-state index >= 15 is 0 Å². The van der Waals surface area contributed by atoms with Gasteiger partial charge >= 0.3 is 0 Å². The summed E-state index contributed by atoms with van der Waals surface area (Å²) >= 11 is 1.81. The van der Waals surface area contributed by atoms with E-state index < -0.39 is 0 Å². The molecule has 1 aromatic rings. The molecule has 1 aliphatic heterocycles. The van der Waals surface area contributed by atoms with Crippen molar-refractivity contribution >= 4 is 17.4 Å². The highest BCUT2D eigenvalue weighted by molar-refractivity contribution is 7.99. The molecule has 0 spiro atoms. The topological polar surface area (TPSA) is 35.2 Å². The van der Waals surface area contributed by atoms with Crippen LogP contribution in [0.15, 0.2) is 23.1 Å². The third-order valence-corrected chi connectivity index (χ3v) is 4.13. The van der Waals surface area contributed by atoms with Crippen LogP contribution < -0.4 is 5.73 Å². The van der Waals surface area contributed by atoms with Gasteiger partial charge in [0.1, 0.15) is 0 Å². The van der Waals surface area contributed by atoms with Crippen molar-refractivity contribution < 1.29 is 4.74 Å². The van der Waals surface area contributed by atoms with E-state index in [2.05, 4.69) is 26.0 Å². The summed E-state index contributed by atoms with van der Waals surface area (Å²) in [4.78, 5) is 1.17. The Morgan fingerprint density at radius 2 is 2.25 bits per heavy atom. The molecule has 2 unspecified atom stereocenters. The van der Waals surface area contributed by atoms with Gasteiger partial charge < -0.3 is 10.5 Å². The second-order valence-corrected chi connectivity index (χ2v) is 5.56. The van der Waals surface area contributed by atoms with Crippen LogP contribution in [-0.4, -0.2) is 18.0 Å². The molecule has 1 heterocycles. The Morgan fingerprint density at radius 1 is 1.44 bits per heavy atom. The molecular weight excluding hydrogens is 218 g/mol. The number of hydrogen-bond donors (Lipinski definition) is 1. The lowest BCUT2D eigenvalue weighted by molar-refractivity contribution is 0.0700. The van der Waals surface area contributed by atoms with Gasteiger partial charge in [0.05, 0.1) is 12.2 Å². The van der Waals surface area contributed by atoms with Crippen LogP contribution in [0.4, 0.5) is 5.69 Å². The van der Waals surface area contributed by atoms with E-state index in [1.54, 1.807) is 11.8 Å². The molecule has 0 aliphatic carbocycles. The van der Waals surface area contributed by atoms with E-state index in [-0.39, 0.29) is 0 Å². The third-order valence-electron chi connectivity index (χ3n) is 2.91. The largest absolute Gasteiger partial charge is 0.398 e. The number of nitrogen functional groups attached to an aromatic ring is 1. The first-order valence-electron chi connectivity index (χ1n) is 5.79. The van der Waals surface area contributed by atoms with Gasteiger partial charge in [-0.2, -0.15) is 0 Å². The lowest BCUT2D eigenvalue weighted by Gasteiger charge is -2.11. The van der Waals surface area contributed by atoms with Gasteiger partial charge in [0.15, 0.2) is 0 Å². The maximum absolute atomic E-state index is 5.97. The predicted molar refractivity (Wildman–Crippen MR) is 69.9 cm³/mol. The number of anilines is 1. The standard InChI is InChI=1S/C13H19NOS/c1-9-3-6-13(12(14)7-9)16-8-11-5-4-10(2)15-11/h3,6-7,10-11H,4-5,8,14H2,1-2H3. The van der Waals surface area contributed by atoms with Crippen LogP contribution in [-0.2, 0) is 4.74 Å². The summed E-state index contributed by atoms with van der Waals surface area (Å²) in [5, 5.41) is 0. The molecule has 88 valence electrons. The number of benzene rings is 1. The maximum Gasteiger partial charge on any atom is 0.0673 e. The first-order chi connectivity index (χ1) is 7.65. The van der Waals surface area contributed by atoms with E-state index in [9.17, 15) is 0 Å². The lowest BCUT2D eigenvalue weighted by atomic mass is 10.2. The van der Waals surface area contributed by atoms with Crippen molar-refractivity contribution in [1.29, 1.82) is 0 Å². The fraction of sp³-hybridized carbons (Fsp3) is 0.538. The minimum atomic E-state index is 0.403. The number of rotatable bonds is 3. The smallest absolute Gasteiger partial charge is 0.0673 e. The van der Waals surface area contributed by atoms with Gasteiger partial charge in [-0.1, -0.05) is 6.07 Å². The number of thioether (sulfide) groups is 1. The predicted octanol–water partition coefficient (Wildman–Crippen LogP) is 3.24. The summed E-state index contributed by atoms with van der Waals surface area (Å²) < 4.78 is 5.78. The first kappa shape index (κ1) is 11.8. The van der Waals surface area contributed by atoms with E-state index in [0.29, 0.717) is 12.2 Å². The minimum Gasteiger partial charge on any atom is -0.398 e. The molecule has 2 nitrogen and oxygen atoms in total. The van der Waals surface area contributed by atoms with Gasteiger partial charge in [-0.3, -0.25) is 0 Å². The zero-order valence-electron chi connectivity index (χ0n) is 9.90. The summed E-state index contributed by atoms with van der Waals surface area (Å²) in [6.07, 6.45) is 3.20. The van der Waals surface area contributed by atoms with Crippen LogP contribution in [0.2, 0.25) is 0 Å². The summed E-state index contributed by atoms with van der Waals surface area (Å²) in [7, 11) is 0. The average molecular weight is 237 g/mol. The third kappa shape index (κ3) is 2.92. The molecular formula is C13H19NOS. The number of nitrogens with two attached hydrogens (primary N) is 1. The van der Waals surface area contributed by atoms with Crippen molar-refractivity contribution in [1.82, 2.24) is 0 Å². The maximum atomic E-state index is 5.97. The van der Waals surface area contributed by atoms with Crippen molar-refractivity contribution in [2.24, 2.45) is 0 Å². The number of ether oxygens (including phenoxy) is 1. The zero-order chi connectivity index (χ0) is 11.5. The van der Waals surface area contributed by atoms with E-state index in [1.165, 1.54) is 23.3 Å². The Balaban J connectivity index is 1.89. The number of hydrogen-bond acceptors (Lipinski definition) is 3. The van der Waals surface area contributed by atoms with E-state index in [4.69, 9.17) is 10.5 Å². The Bertz CT molecular complexity index is 367. The molecule has 16 heavy (non-hydrogen) atoms. The second-order valence-electron chi connectivity index (χ2n) is 4.50. The van der Waals surface area contributed by atoms with Gasteiger partial charge in [0.25, 0.3) is 0 Å². The van der Waals surface area contributed by atoms with Crippen LogP contribution >= 0.6 is 11.8 Å². The fourth-order valence-electron chi connectivity index (χ4n) is 1.99. The van der Waals surface area contributed by atoms with Crippen molar-refractivity contribution in [2.75, 3.05) is 11.5 Å². The van der Waals surface area contributed by atoms with Crippen LogP contribution in [0, 0.1) is 6.92 Å². The molecule has 0 radical (unpaired) electrons. The molecule has 2 N–H and O–H groups in total. The van der Waals surface area contributed by atoms with Gasteiger partial charge in [0.2, 0.25) is 0 Å². The zero-order valence-corrected chi connectivity index (χ0v) is 10.7. The van der Waals surface area contributed by atoms with Crippen molar-refractivity contribution in [2.45, 2.75) is 43.8 Å². The highest BCUT2D eigenvalue weighted by atomic mass is 32.2. The summed E-state index contributed by atoms with van der Waals surface area (Å²) in [6.45, 7) is 4.21. The first-order valence-corrected chi connectivity index (χ1v) is 6.78. The highest BCUT2D eigenvalue weighted by Crippen LogP contribution is 2.30. The summed E-state index contributed by atoms with van der Waals surface area (Å²) in [5.41, 5.74) is 8.07. The molecule has 1 saturated heterocycles. The van der Waals surface area contributed by atoms with Crippen LogP contribution in [0.5, 0.6) is 0 Å². The molecule has 0 bridgehead atoms. The minimum absolute atomic E-state index is 0.403. The molecule has 3 heteroatoms. The second kappa shape index (κ2) is 5.11. The monoisotopic (exact) mass is 237 g/mol. The quantitative estimate of drug-likeness (QED) is 0.647. The summed E-state index contributed by atoms with van der Waals surface area (Å²) in [6, 6.07) is 6.24. The van der Waals surface area contributed by atoms with Gasteiger partial charge in [0, 0.05) is 16.3 Å². The molecule has 0 aromatic heterocycles. The molecule has 1 aromatic carbocycles. The molecule has 2 atom stereocenters. The Kier molecular flexibility index (Phi) is 3.77. The molecule has 2 rings (SSSR count). The average Bonchev–Trinajstić information content (AvgIpc) is 2.63. The van der Waals surface area contributed by atoms with Crippen LogP contribution in [0.1, 0.15) is 25.3 Å². The summed E-state index contributed by atoms with van der Waals surface area (Å²) in [5.74, 6) is 1.01. The van der Waals surface area contributed by atoms with Crippen molar-refractivity contribution in [3.8, 4) is 0 Å². The molecule has 1 fully saturated rings. The van der Waals surface area contributed by atoms with E-state index in [0.717, 1.165) is 11.4 Å². The molecule has 0 amide bonds. The van der Waals surface area contributed by atoms with Crippen LogP contribution in [0.25, 0.3) is 0 Å².